The van der Waals surface area contributed by atoms with Gasteiger partial charge in [0.05, 0.1) is 0 Å². The summed E-state index contributed by atoms with van der Waals surface area (Å²) in [7, 11) is 0. The van der Waals surface area contributed by atoms with Gasteiger partial charge in [0.1, 0.15) is 16.9 Å². The van der Waals surface area contributed by atoms with E-state index >= 15 is 0 Å². The first-order chi connectivity index (χ1) is 10.5. The number of unbranched alkanes of at least 4 members (excludes halogenated alkanes) is 1. The first-order valence-electron chi connectivity index (χ1n) is 7.62. The fraction of sp³-hybridized carbons (Fsp3) is 0.412. The third-order valence-corrected chi connectivity index (χ3v) is 3.70. The number of hydrogen-bond donors (Lipinski definition) is 2. The maximum atomic E-state index is 12.3. The Hall–Kier alpha value is -2.30. The summed E-state index contributed by atoms with van der Waals surface area (Å²) in [5, 5.41) is 12.9. The number of aromatic hydroxyl groups is 1. The summed E-state index contributed by atoms with van der Waals surface area (Å²) >= 11 is 0. The Labute approximate surface area is 129 Å². The molecular weight excluding hydrogens is 282 g/mol. The molecule has 0 spiro atoms. The van der Waals surface area contributed by atoms with Crippen molar-refractivity contribution in [2.75, 3.05) is 0 Å². The van der Waals surface area contributed by atoms with Crippen LogP contribution in [0.25, 0.3) is 11.0 Å². The second-order valence-corrected chi connectivity index (χ2v) is 5.39. The first kappa shape index (κ1) is 16.1. The molecular formula is C17H21NO4. The number of benzene rings is 1. The molecule has 0 bridgehead atoms. The Balaban J connectivity index is 2.25. The largest absolute Gasteiger partial charge is 0.508 e. The van der Waals surface area contributed by atoms with E-state index in [-0.39, 0.29) is 22.9 Å². The number of carbonyl (C=O) groups excluding carboxylic acids is 1. The molecule has 1 amide bonds. The van der Waals surface area contributed by atoms with Crippen molar-refractivity contribution in [3.63, 3.8) is 0 Å². The van der Waals surface area contributed by atoms with Gasteiger partial charge in [0, 0.05) is 17.5 Å². The van der Waals surface area contributed by atoms with Crippen molar-refractivity contribution in [1.29, 1.82) is 0 Å². The van der Waals surface area contributed by atoms with Crippen LogP contribution in [0.2, 0.25) is 0 Å². The summed E-state index contributed by atoms with van der Waals surface area (Å²) in [6.45, 7) is 4.11. The Bertz CT molecular complexity index is 720. The van der Waals surface area contributed by atoms with Crippen LogP contribution in [-0.2, 0) is 0 Å². The van der Waals surface area contributed by atoms with Gasteiger partial charge >= 0.3 is 5.63 Å². The lowest BCUT2D eigenvalue weighted by Crippen LogP contribution is -2.36. The highest BCUT2D eigenvalue weighted by atomic mass is 16.4. The number of fused-ring (bicyclic) bond motifs is 1. The number of nitrogens with one attached hydrogen (secondary N) is 1. The van der Waals surface area contributed by atoms with E-state index in [2.05, 4.69) is 12.2 Å². The first-order valence-corrected chi connectivity index (χ1v) is 7.62. The van der Waals surface area contributed by atoms with Crippen molar-refractivity contribution < 1.29 is 14.3 Å². The van der Waals surface area contributed by atoms with Crippen LogP contribution in [0.3, 0.4) is 0 Å². The standard InChI is InChI=1S/C17H21NO4/c1-3-5-6-12(4-2)18-16(20)14-9-11-7-8-13(19)10-15(11)22-17(14)21/h7-10,12,19H,3-6H2,1-2H3,(H,18,20). The van der Waals surface area contributed by atoms with E-state index in [1.54, 1.807) is 6.07 Å². The lowest BCUT2D eigenvalue weighted by Gasteiger charge is -2.16. The van der Waals surface area contributed by atoms with Crippen LogP contribution in [-0.4, -0.2) is 17.1 Å². The fourth-order valence-corrected chi connectivity index (χ4v) is 2.35. The molecule has 5 heteroatoms. The van der Waals surface area contributed by atoms with E-state index in [0.29, 0.717) is 5.39 Å². The molecule has 1 aromatic heterocycles. The summed E-state index contributed by atoms with van der Waals surface area (Å²) in [6, 6.07) is 6.01. The number of hydrogen-bond acceptors (Lipinski definition) is 4. The molecule has 0 aliphatic heterocycles. The molecule has 118 valence electrons. The topological polar surface area (TPSA) is 79.5 Å². The highest BCUT2D eigenvalue weighted by Crippen LogP contribution is 2.19. The summed E-state index contributed by atoms with van der Waals surface area (Å²) < 4.78 is 5.11. The summed E-state index contributed by atoms with van der Waals surface area (Å²) in [6.07, 6.45) is 3.81. The van der Waals surface area contributed by atoms with Crippen molar-refractivity contribution in [1.82, 2.24) is 5.32 Å². The number of rotatable bonds is 6. The van der Waals surface area contributed by atoms with Crippen LogP contribution in [0.4, 0.5) is 0 Å². The van der Waals surface area contributed by atoms with Gasteiger partial charge in [-0.3, -0.25) is 4.79 Å². The van der Waals surface area contributed by atoms with Gasteiger partial charge in [-0.1, -0.05) is 26.7 Å². The predicted octanol–water partition coefficient (Wildman–Crippen LogP) is 3.20. The maximum absolute atomic E-state index is 12.3. The van der Waals surface area contributed by atoms with Gasteiger partial charge in [0.15, 0.2) is 0 Å². The van der Waals surface area contributed by atoms with Crippen molar-refractivity contribution in [2.24, 2.45) is 0 Å². The zero-order chi connectivity index (χ0) is 16.1. The van der Waals surface area contributed by atoms with E-state index in [4.69, 9.17) is 4.42 Å². The minimum Gasteiger partial charge on any atom is -0.508 e. The molecule has 2 aromatic rings. The molecule has 0 fully saturated rings. The van der Waals surface area contributed by atoms with E-state index in [0.717, 1.165) is 25.7 Å². The van der Waals surface area contributed by atoms with Crippen molar-refractivity contribution in [3.05, 3.63) is 40.2 Å². The van der Waals surface area contributed by atoms with Crippen LogP contribution in [0, 0.1) is 0 Å². The highest BCUT2D eigenvalue weighted by Gasteiger charge is 2.17. The van der Waals surface area contributed by atoms with Crippen LogP contribution in [0.5, 0.6) is 5.75 Å². The normalized spacial score (nSPS) is 12.3. The molecule has 1 aromatic carbocycles. The van der Waals surface area contributed by atoms with Gasteiger partial charge in [0.25, 0.3) is 5.91 Å². The van der Waals surface area contributed by atoms with Gasteiger partial charge in [-0.25, -0.2) is 4.79 Å². The number of phenolic OH excluding ortho intramolecular Hbond substituents is 1. The zero-order valence-corrected chi connectivity index (χ0v) is 12.9. The van der Waals surface area contributed by atoms with Crippen LogP contribution in [0.1, 0.15) is 49.9 Å². The monoisotopic (exact) mass is 303 g/mol. The molecule has 1 unspecified atom stereocenters. The lowest BCUT2D eigenvalue weighted by molar-refractivity contribution is 0.0930. The molecule has 0 aliphatic rings. The zero-order valence-electron chi connectivity index (χ0n) is 12.9. The SMILES string of the molecule is CCCCC(CC)NC(=O)c1cc2ccc(O)cc2oc1=O. The minimum atomic E-state index is -0.694. The molecule has 5 nitrogen and oxygen atoms in total. The van der Waals surface area contributed by atoms with Crippen molar-refractivity contribution in [2.45, 2.75) is 45.6 Å². The van der Waals surface area contributed by atoms with Gasteiger partial charge < -0.3 is 14.8 Å². The molecule has 1 atom stereocenters. The lowest BCUT2D eigenvalue weighted by atomic mass is 10.1. The molecule has 22 heavy (non-hydrogen) atoms. The average molecular weight is 303 g/mol. The smallest absolute Gasteiger partial charge is 0.349 e. The molecule has 2 N–H and O–H groups in total. The van der Waals surface area contributed by atoms with E-state index < -0.39 is 11.5 Å². The van der Waals surface area contributed by atoms with Crippen molar-refractivity contribution >= 4 is 16.9 Å². The van der Waals surface area contributed by atoms with Crippen LogP contribution in [0.15, 0.2) is 33.5 Å². The Kier molecular flexibility index (Phi) is 5.20. The maximum Gasteiger partial charge on any atom is 0.349 e. The van der Waals surface area contributed by atoms with Crippen molar-refractivity contribution in [3.8, 4) is 5.75 Å². The quantitative estimate of drug-likeness (QED) is 0.803. The summed E-state index contributed by atoms with van der Waals surface area (Å²) in [4.78, 5) is 24.2. The molecule has 0 saturated carbocycles. The second-order valence-electron chi connectivity index (χ2n) is 5.39. The number of carbonyl (C=O) groups is 1. The molecule has 0 aliphatic carbocycles. The minimum absolute atomic E-state index is 0.00635. The van der Waals surface area contributed by atoms with E-state index in [1.165, 1.54) is 18.2 Å². The van der Waals surface area contributed by atoms with Gasteiger partial charge in [0.2, 0.25) is 0 Å². The number of phenols is 1. The highest BCUT2D eigenvalue weighted by molar-refractivity contribution is 5.96. The average Bonchev–Trinajstić information content (AvgIpc) is 2.50. The summed E-state index contributed by atoms with van der Waals surface area (Å²) in [5.41, 5.74) is -0.436. The molecule has 1 heterocycles. The van der Waals surface area contributed by atoms with E-state index in [9.17, 15) is 14.7 Å². The van der Waals surface area contributed by atoms with E-state index in [1.807, 2.05) is 6.92 Å². The predicted molar refractivity (Wildman–Crippen MR) is 85.2 cm³/mol. The molecule has 0 saturated heterocycles. The van der Waals surface area contributed by atoms with Crippen LogP contribution < -0.4 is 10.9 Å². The van der Waals surface area contributed by atoms with Crippen LogP contribution >= 0.6 is 0 Å². The number of amides is 1. The van der Waals surface area contributed by atoms with Gasteiger partial charge in [-0.05, 0) is 31.0 Å². The second kappa shape index (κ2) is 7.11. The fourth-order valence-electron chi connectivity index (χ4n) is 2.35. The Morgan fingerprint density at radius 2 is 2.09 bits per heavy atom. The molecule has 0 radical (unpaired) electrons. The summed E-state index contributed by atoms with van der Waals surface area (Å²) in [5.74, 6) is -0.398. The third kappa shape index (κ3) is 3.67. The Morgan fingerprint density at radius 1 is 1.32 bits per heavy atom. The van der Waals surface area contributed by atoms with Gasteiger partial charge in [-0.2, -0.15) is 0 Å². The Morgan fingerprint density at radius 3 is 2.77 bits per heavy atom. The van der Waals surface area contributed by atoms with Gasteiger partial charge in [-0.15, -0.1) is 0 Å². The third-order valence-electron chi connectivity index (χ3n) is 3.70. The molecule has 2 rings (SSSR count).